The van der Waals surface area contributed by atoms with Crippen LogP contribution in [0.2, 0.25) is 0 Å². The van der Waals surface area contributed by atoms with E-state index in [0.29, 0.717) is 0 Å². The van der Waals surface area contributed by atoms with Gasteiger partial charge in [0.1, 0.15) is 0 Å². The molecule has 62 valence electrons. The number of halogens is 2. The zero-order valence-electron chi connectivity index (χ0n) is 5.43. The van der Waals surface area contributed by atoms with Gasteiger partial charge in [0.15, 0.2) is 0 Å². The van der Waals surface area contributed by atoms with E-state index in [1.54, 1.807) is 0 Å². The first kappa shape index (κ1) is 10.2. The molecule has 0 saturated heterocycles. The minimum atomic E-state index is -1.16. The van der Waals surface area contributed by atoms with Crippen molar-refractivity contribution in [1.29, 1.82) is 0 Å². The lowest BCUT2D eigenvalue weighted by Gasteiger charge is -1.93. The van der Waals surface area contributed by atoms with Crippen LogP contribution < -0.4 is 5.32 Å². The molecule has 0 bridgehead atoms. The maximum atomic E-state index is 10.5. The van der Waals surface area contributed by atoms with Crippen molar-refractivity contribution in [3.8, 4) is 0 Å². The highest BCUT2D eigenvalue weighted by atomic mass is 35.5. The third kappa shape index (κ3) is 4.58. The summed E-state index contributed by atoms with van der Waals surface area (Å²) in [6.07, 6.45) is 0. The van der Waals surface area contributed by atoms with Gasteiger partial charge in [-0.25, -0.2) is 4.79 Å². The standard InChI is InChI=1S/C4H4Cl2N2O3/c1-7-3(9)2(5)8-11-4(6)10/h1H3,(H,7,9)/b8-2+. The third-order valence-electron chi connectivity index (χ3n) is 0.612. The molecule has 7 heteroatoms. The molecule has 1 N–H and O–H groups in total. The van der Waals surface area contributed by atoms with Gasteiger partial charge in [0, 0.05) is 18.6 Å². The summed E-state index contributed by atoms with van der Waals surface area (Å²) in [5.41, 5.74) is -1.16. The van der Waals surface area contributed by atoms with E-state index in [1.807, 2.05) is 0 Å². The fourth-order valence-electron chi connectivity index (χ4n) is 0.221. The van der Waals surface area contributed by atoms with Crippen LogP contribution in [0, 0.1) is 0 Å². The molecule has 11 heavy (non-hydrogen) atoms. The van der Waals surface area contributed by atoms with Crippen LogP contribution >= 0.6 is 23.2 Å². The van der Waals surface area contributed by atoms with Crippen LogP contribution in [0.1, 0.15) is 0 Å². The molecule has 0 unspecified atom stereocenters. The Bertz CT molecular complexity index is 204. The van der Waals surface area contributed by atoms with E-state index in [9.17, 15) is 9.59 Å². The summed E-state index contributed by atoms with van der Waals surface area (Å²) in [4.78, 5) is 24.3. The van der Waals surface area contributed by atoms with Crippen molar-refractivity contribution >= 4 is 39.7 Å². The SMILES string of the molecule is CNC(=O)/C(Cl)=N\OC(=O)Cl. The second-order valence-corrected chi connectivity index (χ2v) is 1.96. The van der Waals surface area contributed by atoms with E-state index in [-0.39, 0.29) is 0 Å². The molecule has 5 nitrogen and oxygen atoms in total. The average molecular weight is 199 g/mol. The first-order valence-electron chi connectivity index (χ1n) is 2.40. The topological polar surface area (TPSA) is 67.8 Å². The van der Waals surface area contributed by atoms with E-state index in [1.165, 1.54) is 7.05 Å². The molecule has 0 aliphatic heterocycles. The van der Waals surface area contributed by atoms with Crippen molar-refractivity contribution in [2.45, 2.75) is 0 Å². The summed E-state index contributed by atoms with van der Waals surface area (Å²) < 4.78 is 0. The van der Waals surface area contributed by atoms with Gasteiger partial charge in [0.25, 0.3) is 5.91 Å². The average Bonchev–Trinajstić information content (AvgIpc) is 1.98. The zero-order chi connectivity index (χ0) is 8.85. The van der Waals surface area contributed by atoms with Crippen molar-refractivity contribution in [3.63, 3.8) is 0 Å². The van der Waals surface area contributed by atoms with E-state index in [4.69, 9.17) is 23.2 Å². The second-order valence-electron chi connectivity index (χ2n) is 1.29. The van der Waals surface area contributed by atoms with E-state index >= 15 is 0 Å². The molecule has 0 heterocycles. The molecule has 0 spiro atoms. The van der Waals surface area contributed by atoms with Crippen molar-refractivity contribution < 1.29 is 14.4 Å². The number of nitrogens with one attached hydrogen (secondary N) is 1. The summed E-state index contributed by atoms with van der Waals surface area (Å²) in [6.45, 7) is 0. The molecule has 0 rings (SSSR count). The normalized spacial score (nSPS) is 10.6. The van der Waals surface area contributed by atoms with Crippen LogP contribution in [0.3, 0.4) is 0 Å². The highest BCUT2D eigenvalue weighted by Crippen LogP contribution is 1.92. The quantitative estimate of drug-likeness (QED) is 0.307. The van der Waals surface area contributed by atoms with Crippen LogP contribution in [0.4, 0.5) is 4.79 Å². The number of oxime groups is 1. The second kappa shape index (κ2) is 4.92. The van der Waals surface area contributed by atoms with E-state index < -0.39 is 16.5 Å². The molecule has 0 saturated carbocycles. The summed E-state index contributed by atoms with van der Waals surface area (Å²) in [5.74, 6) is -0.662. The first-order valence-corrected chi connectivity index (χ1v) is 3.15. The van der Waals surface area contributed by atoms with Crippen LogP contribution in [0.5, 0.6) is 0 Å². The van der Waals surface area contributed by atoms with Gasteiger partial charge in [-0.2, -0.15) is 0 Å². The van der Waals surface area contributed by atoms with Gasteiger partial charge >= 0.3 is 5.43 Å². The number of hydrogen-bond acceptors (Lipinski definition) is 4. The molecule has 0 aromatic heterocycles. The summed E-state index contributed by atoms with van der Waals surface area (Å²) in [6, 6.07) is 0. The number of amides is 1. The maximum absolute atomic E-state index is 10.5. The summed E-state index contributed by atoms with van der Waals surface area (Å²) >= 11 is 9.89. The Hall–Kier alpha value is -0.810. The molecule has 0 aliphatic rings. The van der Waals surface area contributed by atoms with Crippen LogP contribution in [0.15, 0.2) is 5.16 Å². The largest absolute Gasteiger partial charge is 0.429 e. The maximum Gasteiger partial charge on any atom is 0.429 e. The van der Waals surface area contributed by atoms with Crippen LogP contribution in [0.25, 0.3) is 0 Å². The highest BCUT2D eigenvalue weighted by molar-refractivity contribution is 6.82. The van der Waals surface area contributed by atoms with Gasteiger partial charge in [-0.1, -0.05) is 16.8 Å². The highest BCUT2D eigenvalue weighted by Gasteiger charge is 2.06. The molecule has 0 radical (unpaired) electrons. The first-order chi connectivity index (χ1) is 5.07. The van der Waals surface area contributed by atoms with Crippen molar-refractivity contribution in [1.82, 2.24) is 5.32 Å². The summed E-state index contributed by atoms with van der Waals surface area (Å²) in [5, 5.41) is 4.54. The summed E-state index contributed by atoms with van der Waals surface area (Å²) in [7, 11) is 1.35. The van der Waals surface area contributed by atoms with Gasteiger partial charge in [-0.05, 0) is 0 Å². The fourth-order valence-corrected chi connectivity index (χ4v) is 0.384. The van der Waals surface area contributed by atoms with Crippen molar-refractivity contribution in [2.24, 2.45) is 5.16 Å². The molecule has 0 fully saturated rings. The number of rotatable bonds is 2. The van der Waals surface area contributed by atoms with Crippen LogP contribution in [-0.2, 0) is 9.63 Å². The lowest BCUT2D eigenvalue weighted by atomic mass is 10.7. The Kier molecular flexibility index (Phi) is 4.56. The fraction of sp³-hybridized carbons (Fsp3) is 0.250. The van der Waals surface area contributed by atoms with Gasteiger partial charge in [-0.15, -0.1) is 0 Å². The van der Waals surface area contributed by atoms with E-state index in [0.717, 1.165) is 0 Å². The minimum Gasteiger partial charge on any atom is -0.353 e. The predicted octanol–water partition coefficient (Wildman–Crippen LogP) is 0.660. The Morgan fingerprint density at radius 3 is 2.36 bits per heavy atom. The third-order valence-corrected chi connectivity index (χ3v) is 0.922. The molecular formula is C4H4Cl2N2O3. The van der Waals surface area contributed by atoms with Gasteiger partial charge in [0.05, 0.1) is 0 Å². The predicted molar refractivity (Wildman–Crippen MR) is 39.7 cm³/mol. The molecule has 0 aliphatic carbocycles. The number of carbonyl (C=O) groups excluding carboxylic acids is 2. The minimum absolute atomic E-state index is 0.499. The number of nitrogens with zero attached hydrogens (tertiary/aromatic N) is 1. The molecule has 0 aromatic rings. The Labute approximate surface area is 72.3 Å². The Balaban J connectivity index is 4.00. The Morgan fingerprint density at radius 1 is 1.45 bits per heavy atom. The van der Waals surface area contributed by atoms with Crippen molar-refractivity contribution in [3.05, 3.63) is 0 Å². The number of carbonyl (C=O) groups is 2. The van der Waals surface area contributed by atoms with Gasteiger partial charge in [0.2, 0.25) is 5.17 Å². The van der Waals surface area contributed by atoms with Gasteiger partial charge < -0.3 is 10.2 Å². The molecule has 1 amide bonds. The zero-order valence-corrected chi connectivity index (χ0v) is 6.94. The molecular weight excluding hydrogens is 195 g/mol. The van der Waals surface area contributed by atoms with Crippen LogP contribution in [-0.4, -0.2) is 23.6 Å². The van der Waals surface area contributed by atoms with E-state index in [2.05, 4.69) is 15.3 Å². The molecule has 0 aromatic carbocycles. The van der Waals surface area contributed by atoms with Gasteiger partial charge in [-0.3, -0.25) is 4.79 Å². The Morgan fingerprint density at radius 2 is 2.00 bits per heavy atom. The molecule has 0 atom stereocenters. The lowest BCUT2D eigenvalue weighted by molar-refractivity contribution is -0.114. The number of hydrogen-bond donors (Lipinski definition) is 1. The van der Waals surface area contributed by atoms with Crippen molar-refractivity contribution in [2.75, 3.05) is 7.05 Å². The monoisotopic (exact) mass is 198 g/mol. The smallest absolute Gasteiger partial charge is 0.353 e. The lowest BCUT2D eigenvalue weighted by Crippen LogP contribution is -2.24.